The van der Waals surface area contributed by atoms with Crippen molar-refractivity contribution in [2.45, 2.75) is 50.6 Å². The summed E-state index contributed by atoms with van der Waals surface area (Å²) in [5.74, 6) is 1.14. The summed E-state index contributed by atoms with van der Waals surface area (Å²) in [5, 5.41) is 6.10. The molecule has 1 aromatic heterocycles. The van der Waals surface area contributed by atoms with Gasteiger partial charge in [0.2, 0.25) is 16.0 Å². The first kappa shape index (κ1) is 18.6. The molecular formula is C18H25N5O2S. The van der Waals surface area contributed by atoms with E-state index in [-0.39, 0.29) is 12.1 Å². The summed E-state index contributed by atoms with van der Waals surface area (Å²) in [4.78, 5) is 8.84. The van der Waals surface area contributed by atoms with E-state index in [1.807, 2.05) is 26.8 Å². The molecule has 3 rings (SSSR count). The van der Waals surface area contributed by atoms with Crippen molar-refractivity contribution in [3.05, 3.63) is 36.0 Å². The second-order valence-electron chi connectivity index (χ2n) is 6.74. The maximum Gasteiger partial charge on any atom is 0.243 e. The fraction of sp³-hybridized carbons (Fsp3) is 0.444. The van der Waals surface area contributed by atoms with Crippen molar-refractivity contribution in [1.29, 1.82) is 0 Å². The minimum atomic E-state index is -3.53. The molecule has 140 valence electrons. The van der Waals surface area contributed by atoms with Gasteiger partial charge in [-0.2, -0.15) is 9.29 Å². The second-order valence-corrected chi connectivity index (χ2v) is 8.58. The molecule has 0 spiro atoms. The van der Waals surface area contributed by atoms with Crippen LogP contribution in [0.5, 0.6) is 0 Å². The molecule has 1 fully saturated rings. The first-order valence-electron chi connectivity index (χ1n) is 8.75. The zero-order chi connectivity index (χ0) is 18.9. The third kappa shape index (κ3) is 3.52. The van der Waals surface area contributed by atoms with Crippen molar-refractivity contribution < 1.29 is 8.42 Å². The summed E-state index contributed by atoms with van der Waals surface area (Å²) in [6.45, 7) is 5.83. The number of hydrogen-bond acceptors (Lipinski definition) is 6. The van der Waals surface area contributed by atoms with Crippen LogP contribution in [0.4, 0.5) is 17.5 Å². The van der Waals surface area contributed by atoms with Gasteiger partial charge in [0.1, 0.15) is 5.82 Å². The van der Waals surface area contributed by atoms with Crippen LogP contribution in [0.15, 0.2) is 35.4 Å². The molecule has 0 radical (unpaired) electrons. The van der Waals surface area contributed by atoms with Crippen LogP contribution >= 0.6 is 0 Å². The Balaban J connectivity index is 1.92. The smallest absolute Gasteiger partial charge is 0.243 e. The van der Waals surface area contributed by atoms with E-state index in [1.165, 1.54) is 0 Å². The number of nitrogens with one attached hydrogen (secondary N) is 2. The lowest BCUT2D eigenvalue weighted by Gasteiger charge is -2.25. The largest absolute Gasteiger partial charge is 0.357 e. The highest BCUT2D eigenvalue weighted by molar-refractivity contribution is 7.89. The monoisotopic (exact) mass is 375 g/mol. The number of rotatable bonds is 5. The van der Waals surface area contributed by atoms with Crippen LogP contribution in [0, 0.1) is 6.92 Å². The lowest BCUT2D eigenvalue weighted by Crippen LogP contribution is -2.38. The average Bonchev–Trinajstić information content (AvgIpc) is 2.96. The van der Waals surface area contributed by atoms with Crippen LogP contribution in [0.3, 0.4) is 0 Å². The van der Waals surface area contributed by atoms with E-state index >= 15 is 0 Å². The summed E-state index contributed by atoms with van der Waals surface area (Å²) in [6, 6.07) is 6.92. The molecule has 2 atom stereocenters. The van der Waals surface area contributed by atoms with Gasteiger partial charge in [-0.3, -0.25) is 0 Å². The lowest BCUT2D eigenvalue weighted by molar-refractivity contribution is 0.350. The minimum Gasteiger partial charge on any atom is -0.357 e. The second kappa shape index (κ2) is 7.20. The third-order valence-corrected chi connectivity index (χ3v) is 6.86. The molecule has 7 nitrogen and oxygen atoms in total. The standard InChI is InChI=1S/C18H25N5O2S/c1-12-11-20-18(19-4)22-17(12)21-15-6-5-7-16(10-15)26(24,25)23-13(2)8-9-14(23)3/h5-7,10-11,13-14H,8-9H2,1-4H3,(H2,19,20,21,22). The van der Waals surface area contributed by atoms with Crippen molar-refractivity contribution in [2.75, 3.05) is 17.7 Å². The lowest BCUT2D eigenvalue weighted by atomic mass is 10.2. The van der Waals surface area contributed by atoms with Gasteiger partial charge < -0.3 is 10.6 Å². The molecule has 2 N–H and O–H groups in total. The van der Waals surface area contributed by atoms with Gasteiger partial charge in [0.15, 0.2) is 0 Å². The number of hydrogen-bond donors (Lipinski definition) is 2. The normalized spacial score (nSPS) is 20.9. The van der Waals surface area contributed by atoms with E-state index in [0.717, 1.165) is 18.4 Å². The summed E-state index contributed by atoms with van der Waals surface area (Å²) >= 11 is 0. The fourth-order valence-corrected chi connectivity index (χ4v) is 5.26. The summed E-state index contributed by atoms with van der Waals surface area (Å²) in [7, 11) is -1.78. The zero-order valence-electron chi connectivity index (χ0n) is 15.5. The van der Waals surface area contributed by atoms with Crippen LogP contribution in [-0.2, 0) is 10.0 Å². The van der Waals surface area contributed by atoms with Crippen LogP contribution in [0.25, 0.3) is 0 Å². The number of sulfonamides is 1. The van der Waals surface area contributed by atoms with Crippen LogP contribution in [0.2, 0.25) is 0 Å². The summed E-state index contributed by atoms with van der Waals surface area (Å²) in [6.07, 6.45) is 3.51. The van der Waals surface area contributed by atoms with E-state index < -0.39 is 10.0 Å². The van der Waals surface area contributed by atoms with Gasteiger partial charge in [0.25, 0.3) is 0 Å². The van der Waals surface area contributed by atoms with Crippen molar-refractivity contribution in [2.24, 2.45) is 0 Å². The zero-order valence-corrected chi connectivity index (χ0v) is 16.3. The molecule has 2 unspecified atom stereocenters. The molecule has 1 aliphatic rings. The minimum absolute atomic E-state index is 0.0221. The molecule has 0 saturated carbocycles. The Morgan fingerprint density at radius 1 is 1.19 bits per heavy atom. The predicted molar refractivity (Wildman–Crippen MR) is 103 cm³/mol. The maximum atomic E-state index is 13.1. The average molecular weight is 375 g/mol. The Kier molecular flexibility index (Phi) is 5.15. The Hall–Kier alpha value is -2.19. The van der Waals surface area contributed by atoms with E-state index in [2.05, 4.69) is 20.6 Å². The summed E-state index contributed by atoms with van der Waals surface area (Å²) in [5.41, 5.74) is 1.55. The number of anilines is 3. The van der Waals surface area contributed by atoms with Gasteiger partial charge in [-0.15, -0.1) is 0 Å². The van der Waals surface area contributed by atoms with Crippen LogP contribution in [-0.4, -0.2) is 41.8 Å². The maximum absolute atomic E-state index is 13.1. The molecule has 0 bridgehead atoms. The first-order valence-corrected chi connectivity index (χ1v) is 10.2. The highest BCUT2D eigenvalue weighted by atomic mass is 32.2. The van der Waals surface area contributed by atoms with Gasteiger partial charge in [0.05, 0.1) is 4.90 Å². The molecule has 0 amide bonds. The number of nitrogens with zero attached hydrogens (tertiary/aromatic N) is 3. The van der Waals surface area contributed by atoms with Gasteiger partial charge in [-0.1, -0.05) is 6.07 Å². The van der Waals surface area contributed by atoms with Gasteiger partial charge in [-0.25, -0.2) is 13.4 Å². The van der Waals surface area contributed by atoms with Crippen molar-refractivity contribution in [3.63, 3.8) is 0 Å². The SMILES string of the molecule is CNc1ncc(C)c(Nc2cccc(S(=O)(=O)N3C(C)CCC3C)c2)n1. The molecule has 1 aliphatic heterocycles. The van der Waals surface area contributed by atoms with Crippen LogP contribution < -0.4 is 10.6 Å². The quantitative estimate of drug-likeness (QED) is 0.835. The Morgan fingerprint density at radius 2 is 1.88 bits per heavy atom. The third-order valence-electron chi connectivity index (χ3n) is 4.74. The molecule has 26 heavy (non-hydrogen) atoms. The Labute approximate surface area is 154 Å². The van der Waals surface area contributed by atoms with E-state index in [4.69, 9.17) is 0 Å². The van der Waals surface area contributed by atoms with E-state index in [0.29, 0.717) is 22.3 Å². The summed E-state index contributed by atoms with van der Waals surface area (Å²) < 4.78 is 27.8. The van der Waals surface area contributed by atoms with Crippen molar-refractivity contribution in [1.82, 2.24) is 14.3 Å². The Bertz CT molecular complexity index is 890. The van der Waals surface area contributed by atoms with E-state index in [9.17, 15) is 8.42 Å². The predicted octanol–water partition coefficient (Wildman–Crippen LogP) is 3.13. The number of aryl methyl sites for hydroxylation is 1. The molecule has 0 aliphatic carbocycles. The number of aromatic nitrogens is 2. The molecule has 1 aromatic carbocycles. The molecule has 2 heterocycles. The van der Waals surface area contributed by atoms with Gasteiger partial charge >= 0.3 is 0 Å². The van der Waals surface area contributed by atoms with E-state index in [1.54, 1.807) is 35.7 Å². The molecule has 8 heteroatoms. The van der Waals surface area contributed by atoms with Crippen LogP contribution in [0.1, 0.15) is 32.3 Å². The topological polar surface area (TPSA) is 87.2 Å². The highest BCUT2D eigenvalue weighted by Gasteiger charge is 2.37. The highest BCUT2D eigenvalue weighted by Crippen LogP contribution is 2.31. The van der Waals surface area contributed by atoms with Gasteiger partial charge in [0, 0.05) is 36.6 Å². The van der Waals surface area contributed by atoms with Crippen molar-refractivity contribution in [3.8, 4) is 0 Å². The van der Waals surface area contributed by atoms with Crippen molar-refractivity contribution >= 4 is 27.5 Å². The Morgan fingerprint density at radius 3 is 2.54 bits per heavy atom. The molecular weight excluding hydrogens is 350 g/mol. The molecule has 2 aromatic rings. The number of benzene rings is 1. The van der Waals surface area contributed by atoms with Gasteiger partial charge in [-0.05, 0) is 51.8 Å². The first-order chi connectivity index (χ1) is 12.3. The molecule has 1 saturated heterocycles. The fourth-order valence-electron chi connectivity index (χ4n) is 3.33.